The Hall–Kier alpha value is -7.01. The van der Waals surface area contributed by atoms with Gasteiger partial charge in [-0.3, -0.25) is 0 Å². The zero-order chi connectivity index (χ0) is 36.6. The van der Waals surface area contributed by atoms with Crippen LogP contribution in [0.15, 0.2) is 200 Å². The summed E-state index contributed by atoms with van der Waals surface area (Å²) in [7, 11) is 0. The van der Waals surface area contributed by atoms with Crippen LogP contribution in [-0.2, 0) is 0 Å². The zero-order valence-electron chi connectivity index (χ0n) is 29.8. The van der Waals surface area contributed by atoms with Crippen molar-refractivity contribution in [3.8, 4) is 78.7 Å². The lowest BCUT2D eigenvalue weighted by atomic mass is 9.97. The predicted molar refractivity (Wildman–Crippen MR) is 231 cm³/mol. The van der Waals surface area contributed by atoms with Gasteiger partial charge in [0.1, 0.15) is 0 Å². The van der Waals surface area contributed by atoms with E-state index in [-0.39, 0.29) is 0 Å². The van der Waals surface area contributed by atoms with Crippen LogP contribution in [0.2, 0.25) is 0 Å². The van der Waals surface area contributed by atoms with Crippen molar-refractivity contribution in [3.63, 3.8) is 0 Å². The van der Waals surface area contributed by atoms with Crippen LogP contribution in [0.25, 0.3) is 98.8 Å². The van der Waals surface area contributed by atoms with Gasteiger partial charge < -0.3 is 0 Å². The van der Waals surface area contributed by atoms with Crippen molar-refractivity contribution in [1.29, 1.82) is 0 Å². The molecule has 4 heteroatoms. The Morgan fingerprint density at radius 3 is 1.33 bits per heavy atom. The van der Waals surface area contributed by atoms with E-state index in [4.69, 9.17) is 15.0 Å². The van der Waals surface area contributed by atoms with Gasteiger partial charge in [0.05, 0.1) is 0 Å². The van der Waals surface area contributed by atoms with E-state index < -0.39 is 0 Å². The van der Waals surface area contributed by atoms with Crippen LogP contribution in [0.5, 0.6) is 0 Å². The Balaban J connectivity index is 1.07. The van der Waals surface area contributed by atoms with Crippen molar-refractivity contribution in [1.82, 2.24) is 15.0 Å². The van der Waals surface area contributed by atoms with E-state index in [2.05, 4.69) is 176 Å². The molecule has 0 saturated heterocycles. The summed E-state index contributed by atoms with van der Waals surface area (Å²) in [6.45, 7) is 0. The van der Waals surface area contributed by atoms with E-state index >= 15 is 0 Å². The summed E-state index contributed by atoms with van der Waals surface area (Å²) in [5.41, 5.74) is 12.3. The van der Waals surface area contributed by atoms with E-state index in [0.717, 1.165) is 33.2 Å². The molecule has 0 atom stereocenters. The minimum atomic E-state index is 0.648. The highest BCUT2D eigenvalue weighted by Crippen LogP contribution is 2.42. The van der Waals surface area contributed by atoms with Crippen LogP contribution in [0.4, 0.5) is 0 Å². The van der Waals surface area contributed by atoms with Gasteiger partial charge in [-0.15, -0.1) is 11.3 Å². The molecule has 0 bridgehead atoms. The van der Waals surface area contributed by atoms with E-state index in [1.165, 1.54) is 48.2 Å². The molecule has 0 fully saturated rings. The molecule has 0 aliphatic carbocycles. The number of benzene rings is 8. The monoisotopic (exact) mass is 719 g/mol. The summed E-state index contributed by atoms with van der Waals surface area (Å²) in [6.07, 6.45) is 0. The van der Waals surface area contributed by atoms with Gasteiger partial charge in [-0.1, -0.05) is 182 Å². The second-order valence-corrected chi connectivity index (χ2v) is 14.7. The molecule has 10 aromatic rings. The minimum Gasteiger partial charge on any atom is -0.208 e. The van der Waals surface area contributed by atoms with Crippen molar-refractivity contribution >= 4 is 31.5 Å². The van der Waals surface area contributed by atoms with Gasteiger partial charge >= 0.3 is 0 Å². The molecule has 0 N–H and O–H groups in total. The highest BCUT2D eigenvalue weighted by atomic mass is 32.1. The summed E-state index contributed by atoms with van der Waals surface area (Å²) in [5, 5.41) is 2.36. The summed E-state index contributed by atoms with van der Waals surface area (Å²) in [4.78, 5) is 15.5. The summed E-state index contributed by atoms with van der Waals surface area (Å²) in [5.74, 6) is 1.95. The maximum atomic E-state index is 5.25. The number of rotatable bonds is 7. The van der Waals surface area contributed by atoms with Crippen molar-refractivity contribution < 1.29 is 0 Å². The highest BCUT2D eigenvalue weighted by molar-refractivity contribution is 7.26. The molecule has 0 amide bonds. The van der Waals surface area contributed by atoms with Crippen LogP contribution in [-0.4, -0.2) is 15.0 Å². The first-order valence-corrected chi connectivity index (χ1v) is 19.3. The molecule has 258 valence electrons. The van der Waals surface area contributed by atoms with Crippen molar-refractivity contribution in [2.24, 2.45) is 0 Å². The zero-order valence-corrected chi connectivity index (χ0v) is 30.6. The fourth-order valence-corrected chi connectivity index (χ4v) is 8.53. The van der Waals surface area contributed by atoms with Gasteiger partial charge in [0.2, 0.25) is 0 Å². The first-order valence-electron chi connectivity index (χ1n) is 18.4. The minimum absolute atomic E-state index is 0.648. The topological polar surface area (TPSA) is 38.7 Å². The first kappa shape index (κ1) is 32.6. The van der Waals surface area contributed by atoms with Crippen LogP contribution >= 0.6 is 11.3 Å². The van der Waals surface area contributed by atoms with Crippen LogP contribution < -0.4 is 0 Å². The fourth-order valence-electron chi connectivity index (χ4n) is 7.41. The lowest BCUT2D eigenvalue weighted by Gasteiger charge is -2.12. The Kier molecular flexibility index (Phi) is 8.36. The third-order valence-electron chi connectivity index (χ3n) is 10.2. The van der Waals surface area contributed by atoms with Gasteiger partial charge in [0.25, 0.3) is 0 Å². The lowest BCUT2D eigenvalue weighted by Crippen LogP contribution is -2.01. The molecule has 8 aromatic carbocycles. The second kappa shape index (κ2) is 14.1. The summed E-state index contributed by atoms with van der Waals surface area (Å²) in [6, 6.07) is 70.5. The quantitative estimate of drug-likeness (QED) is 0.165. The van der Waals surface area contributed by atoms with E-state index in [9.17, 15) is 0 Å². The van der Waals surface area contributed by atoms with Crippen molar-refractivity contribution in [3.05, 3.63) is 200 Å². The Morgan fingerprint density at radius 2 is 0.709 bits per heavy atom. The summed E-state index contributed by atoms with van der Waals surface area (Å²) < 4.78 is 2.43. The van der Waals surface area contributed by atoms with Crippen molar-refractivity contribution in [2.75, 3.05) is 0 Å². The van der Waals surface area contributed by atoms with E-state index in [0.29, 0.717) is 17.5 Å². The number of hydrogen-bond donors (Lipinski definition) is 0. The Morgan fingerprint density at radius 1 is 0.273 bits per heavy atom. The summed E-state index contributed by atoms with van der Waals surface area (Å²) >= 11 is 1.80. The maximum Gasteiger partial charge on any atom is 0.164 e. The van der Waals surface area contributed by atoms with Crippen LogP contribution in [0, 0.1) is 0 Å². The van der Waals surface area contributed by atoms with Gasteiger partial charge in [-0.05, 0) is 62.7 Å². The molecular weight excluding hydrogens is 687 g/mol. The molecular formula is C51H33N3S. The van der Waals surface area contributed by atoms with Gasteiger partial charge in [0.15, 0.2) is 17.5 Å². The average Bonchev–Trinajstić information content (AvgIpc) is 3.66. The Labute approximate surface area is 323 Å². The Bertz CT molecular complexity index is 2940. The molecule has 0 saturated carbocycles. The predicted octanol–water partition coefficient (Wildman–Crippen LogP) is 13.9. The second-order valence-electron chi connectivity index (χ2n) is 13.6. The van der Waals surface area contributed by atoms with Crippen LogP contribution in [0.1, 0.15) is 0 Å². The molecule has 3 nitrogen and oxygen atoms in total. The van der Waals surface area contributed by atoms with E-state index in [1.54, 1.807) is 11.3 Å². The normalized spacial score (nSPS) is 11.3. The molecule has 10 rings (SSSR count). The number of aromatic nitrogens is 3. The van der Waals surface area contributed by atoms with Gasteiger partial charge in [-0.2, -0.15) is 0 Å². The number of fused-ring (bicyclic) bond motifs is 3. The first-order chi connectivity index (χ1) is 27.2. The largest absolute Gasteiger partial charge is 0.208 e. The third-order valence-corrected chi connectivity index (χ3v) is 11.3. The maximum absolute atomic E-state index is 5.25. The fraction of sp³-hybridized carbons (Fsp3) is 0. The molecule has 0 aliphatic rings. The lowest BCUT2D eigenvalue weighted by molar-refractivity contribution is 1.08. The molecule has 55 heavy (non-hydrogen) atoms. The van der Waals surface area contributed by atoms with Gasteiger partial charge in [0, 0.05) is 36.9 Å². The molecule has 0 radical (unpaired) electrons. The van der Waals surface area contributed by atoms with E-state index in [1.807, 2.05) is 24.3 Å². The number of thiophene rings is 1. The smallest absolute Gasteiger partial charge is 0.164 e. The number of hydrogen-bond acceptors (Lipinski definition) is 4. The third kappa shape index (κ3) is 6.29. The SMILES string of the molecule is c1ccc(-c2ccc(-c3ccc(-c4ccc5sc6cccc(-c7nc(-c8ccccc8)nc(-c8ccccc8-c8ccccc8)n7)c6c5c4)cc3)cc2)cc1. The molecule has 0 spiro atoms. The van der Waals surface area contributed by atoms with Crippen molar-refractivity contribution in [2.45, 2.75) is 0 Å². The average molecular weight is 720 g/mol. The molecule has 2 heterocycles. The molecule has 0 unspecified atom stereocenters. The molecule has 2 aromatic heterocycles. The molecule has 0 aliphatic heterocycles. The highest BCUT2D eigenvalue weighted by Gasteiger charge is 2.19. The standard InChI is InChI=1S/C51H33N3S/c1-4-13-34(14-5-1)35-23-25-36(26-24-35)37-27-29-38(30-28-37)41-31-32-46-45(33-41)48-44(21-12-22-47(48)55-46)51-53-49(40-17-8-3-9-18-40)52-50(54-51)43-20-11-10-19-42(43)39-15-6-2-7-16-39/h1-33H. The van der Waals surface area contributed by atoms with Gasteiger partial charge in [-0.25, -0.2) is 15.0 Å². The number of nitrogens with zero attached hydrogens (tertiary/aromatic N) is 3. The van der Waals surface area contributed by atoms with Crippen LogP contribution in [0.3, 0.4) is 0 Å².